The van der Waals surface area contributed by atoms with E-state index in [9.17, 15) is 4.79 Å². The van der Waals surface area contributed by atoms with Crippen LogP contribution in [-0.4, -0.2) is 34.4 Å². The lowest BCUT2D eigenvalue weighted by Gasteiger charge is -2.32. The monoisotopic (exact) mass is 387 g/mol. The van der Waals surface area contributed by atoms with E-state index in [1.807, 2.05) is 60.4 Å². The zero-order chi connectivity index (χ0) is 20.0. The Morgan fingerprint density at radius 1 is 1.21 bits per heavy atom. The Hall–Kier alpha value is -3.54. The molecule has 1 aliphatic heterocycles. The van der Waals surface area contributed by atoms with Gasteiger partial charge in [-0.1, -0.05) is 30.3 Å². The van der Waals surface area contributed by atoms with Crippen molar-refractivity contribution in [2.45, 2.75) is 19.4 Å². The fraction of sp³-hybridized carbons (Fsp3) is 0.217. The Morgan fingerprint density at radius 2 is 2.00 bits per heavy atom. The SMILES string of the molecule is COc1ccc(C2CN(C(=O)c3oc4ccccc4c3C)Cc3[nH]cnc32)cc1. The second-order valence-electron chi connectivity index (χ2n) is 7.33. The third kappa shape index (κ3) is 2.88. The molecule has 146 valence electrons. The lowest BCUT2D eigenvalue weighted by Crippen LogP contribution is -2.38. The molecule has 5 rings (SSSR count). The van der Waals surface area contributed by atoms with Crippen LogP contribution in [0, 0.1) is 6.92 Å². The molecule has 1 unspecified atom stereocenters. The van der Waals surface area contributed by atoms with Crippen LogP contribution in [0.4, 0.5) is 0 Å². The second kappa shape index (κ2) is 6.81. The Morgan fingerprint density at radius 3 is 2.76 bits per heavy atom. The van der Waals surface area contributed by atoms with Crippen LogP contribution < -0.4 is 4.74 Å². The molecule has 0 bridgehead atoms. The number of carbonyl (C=O) groups is 1. The molecule has 0 saturated carbocycles. The number of aromatic nitrogens is 2. The number of ether oxygens (including phenoxy) is 1. The van der Waals surface area contributed by atoms with Crippen LogP contribution >= 0.6 is 0 Å². The second-order valence-corrected chi connectivity index (χ2v) is 7.33. The average Bonchev–Trinajstić information content (AvgIpc) is 3.37. The van der Waals surface area contributed by atoms with Gasteiger partial charge in [0.25, 0.3) is 5.91 Å². The number of benzene rings is 2. The smallest absolute Gasteiger partial charge is 0.290 e. The van der Waals surface area contributed by atoms with Gasteiger partial charge >= 0.3 is 0 Å². The first kappa shape index (κ1) is 17.6. The molecular weight excluding hydrogens is 366 g/mol. The van der Waals surface area contributed by atoms with E-state index in [-0.39, 0.29) is 11.8 Å². The maximum absolute atomic E-state index is 13.4. The molecule has 4 aromatic rings. The van der Waals surface area contributed by atoms with Crippen LogP contribution in [-0.2, 0) is 6.54 Å². The van der Waals surface area contributed by atoms with E-state index in [2.05, 4.69) is 9.97 Å². The number of hydrogen-bond donors (Lipinski definition) is 1. The van der Waals surface area contributed by atoms with Gasteiger partial charge < -0.3 is 19.0 Å². The van der Waals surface area contributed by atoms with Crippen LogP contribution in [0.15, 0.2) is 59.3 Å². The molecule has 3 heterocycles. The third-order valence-corrected chi connectivity index (χ3v) is 5.68. The van der Waals surface area contributed by atoms with Gasteiger partial charge in [-0.2, -0.15) is 0 Å². The minimum atomic E-state index is -0.0996. The number of amides is 1. The van der Waals surface area contributed by atoms with Gasteiger partial charge in [0.15, 0.2) is 5.76 Å². The van der Waals surface area contributed by atoms with Crippen molar-refractivity contribution in [2.75, 3.05) is 13.7 Å². The van der Waals surface area contributed by atoms with Crippen molar-refractivity contribution >= 4 is 16.9 Å². The number of methoxy groups -OCH3 is 1. The summed E-state index contributed by atoms with van der Waals surface area (Å²) < 4.78 is 11.2. The number of rotatable bonds is 3. The predicted octanol–water partition coefficient (Wildman–Crippen LogP) is 4.26. The molecule has 0 radical (unpaired) electrons. The minimum absolute atomic E-state index is 0.00968. The molecule has 29 heavy (non-hydrogen) atoms. The zero-order valence-electron chi connectivity index (χ0n) is 16.3. The van der Waals surface area contributed by atoms with E-state index in [0.717, 1.165) is 39.2 Å². The van der Waals surface area contributed by atoms with Crippen LogP contribution in [0.25, 0.3) is 11.0 Å². The normalized spacial score (nSPS) is 16.1. The van der Waals surface area contributed by atoms with Crippen LogP contribution in [0.5, 0.6) is 5.75 Å². The maximum Gasteiger partial charge on any atom is 0.290 e. The number of nitrogens with zero attached hydrogens (tertiary/aromatic N) is 2. The molecule has 0 spiro atoms. The van der Waals surface area contributed by atoms with Crippen molar-refractivity contribution in [1.29, 1.82) is 0 Å². The fourth-order valence-corrected chi connectivity index (χ4v) is 4.10. The van der Waals surface area contributed by atoms with E-state index in [4.69, 9.17) is 9.15 Å². The highest BCUT2D eigenvalue weighted by molar-refractivity contribution is 5.99. The lowest BCUT2D eigenvalue weighted by atomic mass is 9.90. The highest BCUT2D eigenvalue weighted by atomic mass is 16.5. The molecule has 6 nitrogen and oxygen atoms in total. The van der Waals surface area contributed by atoms with Crippen molar-refractivity contribution in [3.8, 4) is 5.75 Å². The topological polar surface area (TPSA) is 71.4 Å². The molecule has 0 saturated heterocycles. The summed E-state index contributed by atoms with van der Waals surface area (Å²) in [5.74, 6) is 1.10. The number of nitrogens with one attached hydrogen (secondary N) is 1. The number of furan rings is 1. The van der Waals surface area contributed by atoms with Crippen molar-refractivity contribution in [1.82, 2.24) is 14.9 Å². The summed E-state index contributed by atoms with van der Waals surface area (Å²) >= 11 is 0. The summed E-state index contributed by atoms with van der Waals surface area (Å²) in [7, 11) is 1.65. The van der Waals surface area contributed by atoms with Crippen LogP contribution in [0.2, 0.25) is 0 Å². The van der Waals surface area contributed by atoms with Gasteiger partial charge in [-0.25, -0.2) is 4.98 Å². The van der Waals surface area contributed by atoms with Crippen molar-refractivity contribution in [2.24, 2.45) is 0 Å². The zero-order valence-corrected chi connectivity index (χ0v) is 16.3. The van der Waals surface area contributed by atoms with Gasteiger partial charge in [-0.15, -0.1) is 0 Å². The molecular formula is C23H21N3O3. The molecule has 0 fully saturated rings. The summed E-state index contributed by atoms with van der Waals surface area (Å²) in [5.41, 5.74) is 4.65. The average molecular weight is 387 g/mol. The number of aromatic amines is 1. The number of carbonyl (C=O) groups excluding carboxylic acids is 1. The van der Waals surface area contributed by atoms with Gasteiger partial charge in [0.2, 0.25) is 0 Å². The Labute approximate surface area is 168 Å². The molecule has 6 heteroatoms. The van der Waals surface area contributed by atoms with Crippen LogP contribution in [0.3, 0.4) is 0 Å². The van der Waals surface area contributed by atoms with Crippen molar-refractivity contribution in [3.05, 3.63) is 83.1 Å². The first-order valence-electron chi connectivity index (χ1n) is 9.59. The van der Waals surface area contributed by atoms with E-state index in [0.29, 0.717) is 18.8 Å². The number of para-hydroxylation sites is 1. The van der Waals surface area contributed by atoms with Crippen molar-refractivity contribution in [3.63, 3.8) is 0 Å². The van der Waals surface area contributed by atoms with E-state index in [1.54, 1.807) is 13.4 Å². The van der Waals surface area contributed by atoms with E-state index < -0.39 is 0 Å². The van der Waals surface area contributed by atoms with Gasteiger partial charge in [-0.05, 0) is 30.7 Å². The summed E-state index contributed by atoms with van der Waals surface area (Å²) in [6.07, 6.45) is 1.70. The fourth-order valence-electron chi connectivity index (χ4n) is 4.10. The van der Waals surface area contributed by atoms with E-state index >= 15 is 0 Å². The van der Waals surface area contributed by atoms with Crippen LogP contribution in [0.1, 0.15) is 39.0 Å². The Bertz CT molecular complexity index is 1190. The Kier molecular flexibility index (Phi) is 4.12. The van der Waals surface area contributed by atoms with Gasteiger partial charge in [0.1, 0.15) is 11.3 Å². The third-order valence-electron chi connectivity index (χ3n) is 5.68. The molecule has 2 aromatic carbocycles. The molecule has 0 aliphatic carbocycles. The van der Waals surface area contributed by atoms with Gasteiger partial charge in [-0.3, -0.25) is 4.79 Å². The quantitative estimate of drug-likeness (QED) is 0.570. The van der Waals surface area contributed by atoms with Gasteiger partial charge in [0.05, 0.1) is 31.4 Å². The maximum atomic E-state index is 13.4. The molecule has 1 aliphatic rings. The number of imidazole rings is 1. The highest BCUT2D eigenvalue weighted by Gasteiger charge is 2.33. The highest BCUT2D eigenvalue weighted by Crippen LogP contribution is 2.34. The first-order valence-corrected chi connectivity index (χ1v) is 9.59. The number of aryl methyl sites for hydroxylation is 1. The van der Waals surface area contributed by atoms with Gasteiger partial charge in [0, 0.05) is 23.4 Å². The molecule has 1 atom stereocenters. The number of H-pyrrole nitrogens is 1. The summed E-state index contributed by atoms with van der Waals surface area (Å²) in [4.78, 5) is 22.9. The molecule has 1 amide bonds. The Balaban J connectivity index is 1.51. The number of hydrogen-bond acceptors (Lipinski definition) is 4. The summed E-state index contributed by atoms with van der Waals surface area (Å²) in [6.45, 7) is 2.96. The largest absolute Gasteiger partial charge is 0.497 e. The lowest BCUT2D eigenvalue weighted by molar-refractivity contribution is 0.0691. The summed E-state index contributed by atoms with van der Waals surface area (Å²) in [6, 6.07) is 15.7. The van der Waals surface area contributed by atoms with E-state index in [1.165, 1.54) is 0 Å². The molecule has 1 N–H and O–H groups in total. The standard InChI is InChI=1S/C23H21N3O3/c1-14-17-5-3-4-6-20(17)29-22(14)23(27)26-11-18(21-19(12-26)24-13-25-21)15-7-9-16(28-2)10-8-15/h3-10,13,18H,11-12H2,1-2H3,(H,24,25). The predicted molar refractivity (Wildman–Crippen MR) is 109 cm³/mol. The molecule has 2 aromatic heterocycles. The first-order chi connectivity index (χ1) is 14.2. The van der Waals surface area contributed by atoms with Crippen molar-refractivity contribution < 1.29 is 13.9 Å². The minimum Gasteiger partial charge on any atom is -0.497 e. The summed E-state index contributed by atoms with van der Waals surface area (Å²) in [5, 5.41) is 0.974. The number of fused-ring (bicyclic) bond motifs is 2.